The number of fused-ring (bicyclic) bond motifs is 1. The summed E-state index contributed by atoms with van der Waals surface area (Å²) >= 11 is 0. The molecule has 2 rings (SSSR count). The molecule has 0 aliphatic heterocycles. The third-order valence-electron chi connectivity index (χ3n) is 1.64. The molecule has 2 aromatic rings. The molecule has 0 aliphatic carbocycles. The monoisotopic (exact) mass is 194 g/mol. The summed E-state index contributed by atoms with van der Waals surface area (Å²) in [5.74, 6) is -1.12. The maximum atomic E-state index is 11.4. The summed E-state index contributed by atoms with van der Waals surface area (Å²) in [6, 6.07) is 3.19. The fourth-order valence-electron chi connectivity index (χ4n) is 1.09. The van der Waals surface area contributed by atoms with Gasteiger partial charge in [-0.15, -0.1) is 5.10 Å². The normalized spacial score (nSPS) is 10.6. The van der Waals surface area contributed by atoms with Crippen LogP contribution in [0.25, 0.3) is 5.65 Å². The van der Waals surface area contributed by atoms with Crippen LogP contribution in [0.3, 0.4) is 0 Å². The molecule has 0 saturated heterocycles. The second-order valence-electron chi connectivity index (χ2n) is 2.63. The van der Waals surface area contributed by atoms with Crippen LogP contribution in [-0.2, 0) is 11.3 Å². The third-order valence-corrected chi connectivity index (χ3v) is 1.64. The van der Waals surface area contributed by atoms with Gasteiger partial charge in [0.15, 0.2) is 5.65 Å². The largest absolute Gasteiger partial charge is 0.480 e. The number of hydrogen-bond donors (Lipinski definition) is 1. The molecule has 0 bridgehead atoms. The Kier molecular flexibility index (Phi) is 1.77. The van der Waals surface area contributed by atoms with E-state index >= 15 is 0 Å². The highest BCUT2D eigenvalue weighted by Crippen LogP contribution is 1.91. The lowest BCUT2D eigenvalue weighted by atomic mass is 10.6. The van der Waals surface area contributed by atoms with Gasteiger partial charge in [-0.2, -0.15) is 14.3 Å². The Morgan fingerprint density at radius 1 is 1.57 bits per heavy atom. The minimum Gasteiger partial charge on any atom is -0.480 e. The first-order valence-corrected chi connectivity index (χ1v) is 3.81. The molecule has 14 heavy (non-hydrogen) atoms. The van der Waals surface area contributed by atoms with Crippen LogP contribution in [0, 0.1) is 0 Å². The van der Waals surface area contributed by atoms with Crippen LogP contribution >= 0.6 is 0 Å². The Morgan fingerprint density at radius 2 is 2.36 bits per heavy atom. The van der Waals surface area contributed by atoms with Crippen LogP contribution in [0.5, 0.6) is 0 Å². The minimum atomic E-state index is -1.12. The van der Waals surface area contributed by atoms with Gasteiger partial charge in [-0.1, -0.05) is 0 Å². The second-order valence-corrected chi connectivity index (χ2v) is 2.63. The molecule has 0 aliphatic rings. The van der Waals surface area contributed by atoms with Gasteiger partial charge in [0.25, 0.3) is 0 Å². The Morgan fingerprint density at radius 3 is 3.00 bits per heavy atom. The van der Waals surface area contributed by atoms with Crippen molar-refractivity contribution in [2.75, 3.05) is 0 Å². The maximum absolute atomic E-state index is 11.4. The number of nitrogens with zero attached hydrogens (tertiary/aromatic N) is 4. The van der Waals surface area contributed by atoms with Crippen LogP contribution in [-0.4, -0.2) is 30.5 Å². The zero-order chi connectivity index (χ0) is 10.1. The van der Waals surface area contributed by atoms with Gasteiger partial charge in [-0.3, -0.25) is 4.79 Å². The van der Waals surface area contributed by atoms with Crippen molar-refractivity contribution in [1.29, 1.82) is 0 Å². The summed E-state index contributed by atoms with van der Waals surface area (Å²) in [4.78, 5) is 21.8. The highest BCUT2D eigenvalue weighted by atomic mass is 16.4. The van der Waals surface area contributed by atoms with E-state index in [1.165, 1.54) is 6.20 Å². The van der Waals surface area contributed by atoms with Crippen molar-refractivity contribution in [2.45, 2.75) is 6.54 Å². The molecule has 1 N–H and O–H groups in total. The molecule has 0 fully saturated rings. The zero-order valence-electron chi connectivity index (χ0n) is 6.99. The molecule has 0 unspecified atom stereocenters. The number of carboxylic acids is 1. The summed E-state index contributed by atoms with van der Waals surface area (Å²) < 4.78 is 1.90. The molecular formula is C7H6N4O3. The summed E-state index contributed by atoms with van der Waals surface area (Å²) in [5, 5.41) is 16.0. The van der Waals surface area contributed by atoms with Crippen molar-refractivity contribution >= 4 is 11.6 Å². The molecule has 7 nitrogen and oxygen atoms in total. The maximum Gasteiger partial charge on any atom is 0.367 e. The van der Waals surface area contributed by atoms with E-state index in [1.807, 2.05) is 0 Å². The van der Waals surface area contributed by atoms with Gasteiger partial charge in [-0.05, 0) is 12.1 Å². The molecule has 7 heteroatoms. The Bertz CT molecular complexity index is 541. The number of aromatic nitrogens is 4. The summed E-state index contributed by atoms with van der Waals surface area (Å²) in [5.41, 5.74) is -0.221. The molecule has 2 aromatic heterocycles. The molecule has 0 amide bonds. The first kappa shape index (κ1) is 8.42. The second kappa shape index (κ2) is 2.95. The van der Waals surface area contributed by atoms with Gasteiger partial charge in [0.2, 0.25) is 0 Å². The average molecular weight is 194 g/mol. The van der Waals surface area contributed by atoms with Crippen molar-refractivity contribution in [3.8, 4) is 0 Å². The van der Waals surface area contributed by atoms with E-state index < -0.39 is 18.2 Å². The molecule has 0 spiro atoms. The van der Waals surface area contributed by atoms with Crippen molar-refractivity contribution in [2.24, 2.45) is 0 Å². The van der Waals surface area contributed by atoms with E-state index in [9.17, 15) is 9.59 Å². The Hall–Kier alpha value is -2.18. The topological polar surface area (TPSA) is 89.5 Å². The van der Waals surface area contributed by atoms with Crippen molar-refractivity contribution < 1.29 is 9.90 Å². The van der Waals surface area contributed by atoms with E-state index in [-0.39, 0.29) is 0 Å². The van der Waals surface area contributed by atoms with Gasteiger partial charge in [0, 0.05) is 6.20 Å². The fourth-order valence-corrected chi connectivity index (χ4v) is 1.09. The number of hydrogen-bond acceptors (Lipinski definition) is 4. The lowest BCUT2D eigenvalue weighted by Gasteiger charge is -1.89. The zero-order valence-corrected chi connectivity index (χ0v) is 6.99. The molecule has 72 valence electrons. The average Bonchev–Trinajstić information content (AvgIpc) is 2.44. The van der Waals surface area contributed by atoms with E-state index in [1.54, 1.807) is 12.1 Å². The van der Waals surface area contributed by atoms with Crippen LogP contribution in [0.15, 0.2) is 23.1 Å². The van der Waals surface area contributed by atoms with E-state index in [4.69, 9.17) is 5.11 Å². The molecule has 0 saturated carbocycles. The molecule has 0 atom stereocenters. The van der Waals surface area contributed by atoms with Gasteiger partial charge in [0.05, 0.1) is 0 Å². The number of carboxylic acid groups (broad SMARTS) is 1. The fraction of sp³-hybridized carbons (Fsp3) is 0.143. The van der Waals surface area contributed by atoms with Crippen LogP contribution in [0.1, 0.15) is 0 Å². The lowest BCUT2D eigenvalue weighted by Crippen LogP contribution is -2.25. The first-order chi connectivity index (χ1) is 6.68. The van der Waals surface area contributed by atoms with Gasteiger partial charge < -0.3 is 5.11 Å². The highest BCUT2D eigenvalue weighted by Gasteiger charge is 2.09. The quantitative estimate of drug-likeness (QED) is 0.660. The number of rotatable bonds is 2. The van der Waals surface area contributed by atoms with Crippen molar-refractivity contribution in [3.05, 3.63) is 28.8 Å². The molecular weight excluding hydrogens is 188 g/mol. The minimum absolute atomic E-state index is 0.332. The molecule has 2 heterocycles. The molecule has 0 aromatic carbocycles. The predicted molar refractivity (Wildman–Crippen MR) is 44.9 cm³/mol. The van der Waals surface area contributed by atoms with Crippen molar-refractivity contribution in [1.82, 2.24) is 19.4 Å². The van der Waals surface area contributed by atoms with Crippen LogP contribution in [0.2, 0.25) is 0 Å². The van der Waals surface area contributed by atoms with Crippen molar-refractivity contribution in [3.63, 3.8) is 0 Å². The first-order valence-electron chi connectivity index (χ1n) is 3.81. The van der Waals surface area contributed by atoms with Gasteiger partial charge in [-0.25, -0.2) is 4.79 Å². The van der Waals surface area contributed by atoms with E-state index in [0.29, 0.717) is 5.65 Å². The lowest BCUT2D eigenvalue weighted by molar-refractivity contribution is -0.137. The standard InChI is InChI=1S/C7H6N4O3/c12-6(13)4-10-7(14)11-5(9-10)2-1-3-8-11/h1-3H,4H2,(H,12,13). The third kappa shape index (κ3) is 1.24. The van der Waals surface area contributed by atoms with Crippen LogP contribution in [0.4, 0.5) is 0 Å². The Balaban J connectivity index is 2.63. The van der Waals surface area contributed by atoms with Gasteiger partial charge >= 0.3 is 11.7 Å². The Labute approximate surface area is 77.2 Å². The smallest absolute Gasteiger partial charge is 0.367 e. The summed E-state index contributed by atoms with van der Waals surface area (Å²) in [6.45, 7) is -0.456. The highest BCUT2D eigenvalue weighted by molar-refractivity contribution is 5.66. The van der Waals surface area contributed by atoms with Crippen LogP contribution < -0.4 is 5.69 Å². The summed E-state index contributed by atoms with van der Waals surface area (Å²) in [6.07, 6.45) is 1.43. The number of aliphatic carboxylic acids is 1. The predicted octanol–water partition coefficient (Wildman–Crippen LogP) is -1.02. The SMILES string of the molecule is O=C(O)Cn1nc2cccnn2c1=O. The summed E-state index contributed by atoms with van der Waals surface area (Å²) in [7, 11) is 0. The van der Waals surface area contributed by atoms with E-state index in [0.717, 1.165) is 9.20 Å². The van der Waals surface area contributed by atoms with E-state index in [2.05, 4.69) is 10.2 Å². The number of carbonyl (C=O) groups is 1. The molecule has 0 radical (unpaired) electrons. The van der Waals surface area contributed by atoms with Gasteiger partial charge in [0.1, 0.15) is 6.54 Å².